The van der Waals surface area contributed by atoms with Crippen molar-refractivity contribution in [3.8, 4) is 5.75 Å². The third kappa shape index (κ3) is 3.59. The molecule has 118 valence electrons. The zero-order valence-corrected chi connectivity index (χ0v) is 13.3. The summed E-state index contributed by atoms with van der Waals surface area (Å²) in [5.74, 6) is 1.15. The normalized spacial score (nSPS) is 20.0. The lowest BCUT2D eigenvalue weighted by Gasteiger charge is -2.04. The topological polar surface area (TPSA) is 50.7 Å². The SMILES string of the molecule is COc1ccc(C(C)=NNC(=O)[C@H]2C[C@H]2c2ccccc2)cc1. The number of carbonyl (C=O) groups excluding carboxylic acids is 1. The molecular weight excluding hydrogens is 288 g/mol. The van der Waals surface area contributed by atoms with Gasteiger partial charge in [-0.25, -0.2) is 5.43 Å². The molecule has 2 atom stereocenters. The van der Waals surface area contributed by atoms with E-state index in [0.29, 0.717) is 5.92 Å². The van der Waals surface area contributed by atoms with Crippen LogP contribution < -0.4 is 10.2 Å². The van der Waals surface area contributed by atoms with E-state index in [9.17, 15) is 4.79 Å². The van der Waals surface area contributed by atoms with Crippen molar-refractivity contribution in [3.63, 3.8) is 0 Å². The Balaban J connectivity index is 1.58. The number of benzene rings is 2. The summed E-state index contributed by atoms with van der Waals surface area (Å²) in [6.07, 6.45) is 0.896. The van der Waals surface area contributed by atoms with Crippen molar-refractivity contribution < 1.29 is 9.53 Å². The van der Waals surface area contributed by atoms with Gasteiger partial charge in [-0.05, 0) is 54.7 Å². The molecule has 0 heterocycles. The molecule has 0 spiro atoms. The van der Waals surface area contributed by atoms with E-state index in [1.165, 1.54) is 5.56 Å². The molecule has 0 saturated heterocycles. The first-order valence-corrected chi connectivity index (χ1v) is 7.72. The van der Waals surface area contributed by atoms with Crippen molar-refractivity contribution in [2.24, 2.45) is 11.0 Å². The highest BCUT2D eigenvalue weighted by Gasteiger charge is 2.43. The molecule has 2 aromatic rings. The van der Waals surface area contributed by atoms with Gasteiger partial charge in [0.2, 0.25) is 5.91 Å². The number of nitrogens with zero attached hydrogens (tertiary/aromatic N) is 1. The van der Waals surface area contributed by atoms with Crippen LogP contribution in [0, 0.1) is 5.92 Å². The lowest BCUT2D eigenvalue weighted by Crippen LogP contribution is -2.21. The lowest BCUT2D eigenvalue weighted by atomic mass is 10.1. The highest BCUT2D eigenvalue weighted by molar-refractivity contribution is 5.99. The number of amides is 1. The minimum absolute atomic E-state index is 0.00767. The van der Waals surface area contributed by atoms with Crippen molar-refractivity contribution in [2.75, 3.05) is 7.11 Å². The smallest absolute Gasteiger partial charge is 0.243 e. The zero-order chi connectivity index (χ0) is 16.2. The summed E-state index contributed by atoms with van der Waals surface area (Å²) in [5.41, 5.74) is 5.65. The van der Waals surface area contributed by atoms with E-state index < -0.39 is 0 Å². The van der Waals surface area contributed by atoms with Crippen LogP contribution in [0.2, 0.25) is 0 Å². The number of carbonyl (C=O) groups is 1. The molecule has 2 aromatic carbocycles. The monoisotopic (exact) mass is 308 g/mol. The molecule has 4 nitrogen and oxygen atoms in total. The van der Waals surface area contributed by atoms with Gasteiger partial charge in [-0.15, -0.1) is 0 Å². The Labute approximate surface area is 136 Å². The molecule has 1 fully saturated rings. The molecular formula is C19H20N2O2. The average molecular weight is 308 g/mol. The van der Waals surface area contributed by atoms with Gasteiger partial charge in [0.1, 0.15) is 5.75 Å². The quantitative estimate of drug-likeness (QED) is 0.680. The summed E-state index contributed by atoms with van der Waals surface area (Å²) < 4.78 is 5.13. The molecule has 3 rings (SSSR count). The maximum Gasteiger partial charge on any atom is 0.243 e. The molecule has 0 aromatic heterocycles. The van der Waals surface area contributed by atoms with Crippen LogP contribution in [0.1, 0.15) is 30.4 Å². The summed E-state index contributed by atoms with van der Waals surface area (Å²) in [4.78, 5) is 12.2. The highest BCUT2D eigenvalue weighted by Crippen LogP contribution is 2.47. The van der Waals surface area contributed by atoms with Gasteiger partial charge in [-0.3, -0.25) is 4.79 Å². The van der Waals surface area contributed by atoms with Crippen LogP contribution in [-0.2, 0) is 4.79 Å². The van der Waals surface area contributed by atoms with Crippen LogP contribution in [-0.4, -0.2) is 18.7 Å². The fraction of sp³-hybridized carbons (Fsp3) is 0.263. The Hall–Kier alpha value is -2.62. The molecule has 1 aliphatic carbocycles. The fourth-order valence-corrected chi connectivity index (χ4v) is 2.67. The number of hydrogen-bond acceptors (Lipinski definition) is 3. The largest absolute Gasteiger partial charge is 0.497 e. The Morgan fingerprint density at radius 2 is 1.83 bits per heavy atom. The summed E-state index contributed by atoms with van der Waals surface area (Å²) in [6.45, 7) is 1.88. The number of hydrazone groups is 1. The first-order chi connectivity index (χ1) is 11.2. The van der Waals surface area contributed by atoms with Crippen molar-refractivity contribution in [3.05, 3.63) is 65.7 Å². The standard InChI is InChI=1S/C19H20N2O2/c1-13(14-8-10-16(23-2)11-9-14)20-21-19(22)18-12-17(18)15-6-4-3-5-7-15/h3-11,17-18H,12H2,1-2H3,(H,21,22)/t17-,18-/m0/s1. The van der Waals surface area contributed by atoms with Gasteiger partial charge in [0.25, 0.3) is 0 Å². The molecule has 0 bridgehead atoms. The highest BCUT2D eigenvalue weighted by atomic mass is 16.5. The van der Waals surface area contributed by atoms with E-state index in [1.807, 2.05) is 49.4 Å². The Morgan fingerprint density at radius 1 is 1.13 bits per heavy atom. The first-order valence-electron chi connectivity index (χ1n) is 7.72. The lowest BCUT2D eigenvalue weighted by molar-refractivity contribution is -0.122. The minimum atomic E-state index is -0.00767. The predicted molar refractivity (Wildman–Crippen MR) is 90.6 cm³/mol. The molecule has 1 saturated carbocycles. The van der Waals surface area contributed by atoms with E-state index in [-0.39, 0.29) is 11.8 Å². The van der Waals surface area contributed by atoms with Crippen LogP contribution in [0.5, 0.6) is 5.75 Å². The third-order valence-corrected chi connectivity index (χ3v) is 4.20. The minimum Gasteiger partial charge on any atom is -0.497 e. The number of nitrogens with one attached hydrogen (secondary N) is 1. The van der Waals surface area contributed by atoms with Crippen molar-refractivity contribution >= 4 is 11.6 Å². The van der Waals surface area contributed by atoms with Crippen LogP contribution in [0.15, 0.2) is 59.7 Å². The summed E-state index contributed by atoms with van der Waals surface area (Å²) >= 11 is 0. The van der Waals surface area contributed by atoms with Crippen molar-refractivity contribution in [1.82, 2.24) is 5.43 Å². The molecule has 4 heteroatoms. The van der Waals surface area contributed by atoms with Gasteiger partial charge in [-0.1, -0.05) is 30.3 Å². The fourth-order valence-electron chi connectivity index (χ4n) is 2.67. The van der Waals surface area contributed by atoms with Crippen LogP contribution >= 0.6 is 0 Å². The molecule has 23 heavy (non-hydrogen) atoms. The number of hydrogen-bond donors (Lipinski definition) is 1. The van der Waals surface area contributed by atoms with Crippen molar-refractivity contribution in [2.45, 2.75) is 19.3 Å². The summed E-state index contributed by atoms with van der Waals surface area (Å²) in [6, 6.07) is 17.8. The second kappa shape index (κ2) is 6.65. The van der Waals surface area contributed by atoms with Crippen LogP contribution in [0.25, 0.3) is 0 Å². The van der Waals surface area contributed by atoms with Crippen LogP contribution in [0.3, 0.4) is 0 Å². The third-order valence-electron chi connectivity index (χ3n) is 4.20. The summed E-state index contributed by atoms with van der Waals surface area (Å²) in [5, 5.41) is 4.22. The van der Waals surface area contributed by atoms with E-state index in [4.69, 9.17) is 4.74 Å². The maximum atomic E-state index is 12.2. The second-order valence-electron chi connectivity index (χ2n) is 5.76. The Kier molecular flexibility index (Phi) is 4.42. The molecule has 0 aliphatic heterocycles. The molecule has 1 aliphatic rings. The van der Waals surface area contributed by atoms with E-state index in [0.717, 1.165) is 23.4 Å². The van der Waals surface area contributed by atoms with Gasteiger partial charge in [0, 0.05) is 5.92 Å². The van der Waals surface area contributed by atoms with Crippen molar-refractivity contribution in [1.29, 1.82) is 0 Å². The van der Waals surface area contributed by atoms with Crippen LogP contribution in [0.4, 0.5) is 0 Å². The van der Waals surface area contributed by atoms with Gasteiger partial charge in [0.05, 0.1) is 12.8 Å². The molecule has 0 radical (unpaired) electrons. The second-order valence-corrected chi connectivity index (χ2v) is 5.76. The van der Waals surface area contributed by atoms with E-state index in [2.05, 4.69) is 22.7 Å². The Bertz CT molecular complexity index is 708. The predicted octanol–water partition coefficient (Wildman–Crippen LogP) is 3.34. The van der Waals surface area contributed by atoms with Gasteiger partial charge >= 0.3 is 0 Å². The average Bonchev–Trinajstić information content (AvgIpc) is 3.41. The molecule has 0 unspecified atom stereocenters. The Morgan fingerprint density at radius 3 is 2.48 bits per heavy atom. The summed E-state index contributed by atoms with van der Waals surface area (Å²) in [7, 11) is 1.63. The number of ether oxygens (including phenoxy) is 1. The molecule has 1 N–H and O–H groups in total. The van der Waals surface area contributed by atoms with E-state index >= 15 is 0 Å². The number of methoxy groups -OCH3 is 1. The van der Waals surface area contributed by atoms with Gasteiger partial charge in [-0.2, -0.15) is 5.10 Å². The number of rotatable bonds is 5. The van der Waals surface area contributed by atoms with Gasteiger partial charge < -0.3 is 4.74 Å². The van der Waals surface area contributed by atoms with E-state index in [1.54, 1.807) is 7.11 Å². The molecule has 1 amide bonds. The maximum absolute atomic E-state index is 12.2. The first kappa shape index (κ1) is 15.3. The zero-order valence-electron chi connectivity index (χ0n) is 13.3. The van der Waals surface area contributed by atoms with Gasteiger partial charge in [0.15, 0.2) is 0 Å².